The van der Waals surface area contributed by atoms with Crippen LogP contribution in [0, 0.1) is 5.82 Å². The molecule has 1 aromatic carbocycles. The van der Waals surface area contributed by atoms with E-state index in [9.17, 15) is 9.18 Å². The van der Waals surface area contributed by atoms with Crippen LogP contribution in [0.1, 0.15) is 10.4 Å². The largest absolute Gasteiger partial charge is 0.289 e. The Morgan fingerprint density at radius 1 is 1.59 bits per heavy atom. The lowest BCUT2D eigenvalue weighted by Gasteiger charge is -2.17. The second kappa shape index (κ2) is 4.52. The van der Waals surface area contributed by atoms with Crippen LogP contribution in [0.25, 0.3) is 0 Å². The zero-order valence-electron chi connectivity index (χ0n) is 8.58. The molecule has 1 heterocycles. The van der Waals surface area contributed by atoms with Crippen molar-refractivity contribution >= 4 is 29.4 Å². The van der Waals surface area contributed by atoms with Crippen molar-refractivity contribution in [3.63, 3.8) is 0 Å². The highest BCUT2D eigenvalue weighted by Gasteiger charge is 2.22. The van der Waals surface area contributed by atoms with Crippen LogP contribution >= 0.6 is 11.6 Å². The number of allylic oxidation sites excluding steroid dienone is 1. The SMILES string of the molecule is C=CC(=O)c1c(N2C=NNN2)ccc(Cl)c1F. The highest BCUT2D eigenvalue weighted by atomic mass is 35.5. The lowest BCUT2D eigenvalue weighted by Crippen LogP contribution is -2.38. The number of nitrogens with zero attached hydrogens (tertiary/aromatic N) is 2. The number of hydrazone groups is 1. The van der Waals surface area contributed by atoms with Gasteiger partial charge in [-0.15, -0.1) is 5.53 Å². The Bertz CT molecular complexity index is 517. The molecule has 0 aromatic heterocycles. The zero-order chi connectivity index (χ0) is 12.4. The molecule has 0 atom stereocenters. The molecule has 2 N–H and O–H groups in total. The number of carbonyl (C=O) groups is 1. The standard InChI is InChI=1S/C10H8ClFN4O/c1-2-8(17)9-7(16-5-13-14-15-16)4-3-6(11)10(9)12/h2-5,14-15H,1H2. The van der Waals surface area contributed by atoms with E-state index in [4.69, 9.17) is 11.6 Å². The Labute approximate surface area is 101 Å². The third kappa shape index (κ3) is 2.00. The number of benzene rings is 1. The molecule has 0 aliphatic carbocycles. The molecule has 1 aromatic rings. The van der Waals surface area contributed by atoms with Gasteiger partial charge in [0.15, 0.2) is 11.6 Å². The summed E-state index contributed by atoms with van der Waals surface area (Å²) in [4.78, 5) is 11.6. The van der Waals surface area contributed by atoms with Crippen LogP contribution < -0.4 is 16.1 Å². The first-order valence-electron chi connectivity index (χ1n) is 4.63. The highest BCUT2D eigenvalue weighted by molar-refractivity contribution is 6.31. The maximum Gasteiger partial charge on any atom is 0.190 e. The normalized spacial score (nSPS) is 13.6. The average molecular weight is 255 g/mol. The Kier molecular flexibility index (Phi) is 3.08. The maximum atomic E-state index is 13.8. The average Bonchev–Trinajstić information content (AvgIpc) is 2.85. The minimum atomic E-state index is -0.781. The lowest BCUT2D eigenvalue weighted by atomic mass is 10.1. The van der Waals surface area contributed by atoms with Crippen molar-refractivity contribution < 1.29 is 9.18 Å². The van der Waals surface area contributed by atoms with Crippen molar-refractivity contribution in [2.24, 2.45) is 5.10 Å². The second-order valence-electron chi connectivity index (χ2n) is 3.16. The number of halogens is 2. The summed E-state index contributed by atoms with van der Waals surface area (Å²) < 4.78 is 13.8. The molecular weight excluding hydrogens is 247 g/mol. The summed E-state index contributed by atoms with van der Waals surface area (Å²) in [5, 5.41) is 4.90. The van der Waals surface area contributed by atoms with Gasteiger partial charge < -0.3 is 0 Å². The van der Waals surface area contributed by atoms with E-state index >= 15 is 0 Å². The van der Waals surface area contributed by atoms with E-state index in [-0.39, 0.29) is 10.6 Å². The molecule has 88 valence electrons. The number of hydrogen-bond acceptors (Lipinski definition) is 5. The molecule has 0 saturated carbocycles. The van der Waals surface area contributed by atoms with Crippen molar-refractivity contribution in [2.75, 3.05) is 5.01 Å². The summed E-state index contributed by atoms with van der Waals surface area (Å²) in [6.07, 6.45) is 2.39. The Balaban J connectivity index is 2.58. The molecule has 1 aliphatic heterocycles. The van der Waals surface area contributed by atoms with E-state index in [2.05, 4.69) is 22.7 Å². The fraction of sp³-hybridized carbons (Fsp3) is 0. The fourth-order valence-corrected chi connectivity index (χ4v) is 1.56. The number of carbonyl (C=O) groups excluding carboxylic acids is 1. The number of rotatable bonds is 3. The molecule has 0 unspecified atom stereocenters. The van der Waals surface area contributed by atoms with Gasteiger partial charge in [0.05, 0.1) is 16.3 Å². The minimum absolute atomic E-state index is 0.122. The topological polar surface area (TPSA) is 56.7 Å². The number of hydrazine groups is 2. The lowest BCUT2D eigenvalue weighted by molar-refractivity contribution is 0.104. The smallest absolute Gasteiger partial charge is 0.190 e. The fourth-order valence-electron chi connectivity index (χ4n) is 1.40. The molecule has 17 heavy (non-hydrogen) atoms. The number of ketones is 1. The van der Waals surface area contributed by atoms with E-state index in [0.29, 0.717) is 5.69 Å². The van der Waals surface area contributed by atoms with Crippen molar-refractivity contribution in [3.8, 4) is 0 Å². The summed E-state index contributed by atoms with van der Waals surface area (Å²) in [5.41, 5.74) is 5.19. The quantitative estimate of drug-likeness (QED) is 0.636. The van der Waals surface area contributed by atoms with Gasteiger partial charge in [-0.05, 0) is 18.2 Å². The molecule has 0 bridgehead atoms. The van der Waals surface area contributed by atoms with Gasteiger partial charge in [0.2, 0.25) is 0 Å². The van der Waals surface area contributed by atoms with Gasteiger partial charge in [-0.1, -0.05) is 18.2 Å². The molecular formula is C10H8ClFN4O. The van der Waals surface area contributed by atoms with Crippen LogP contribution in [0.2, 0.25) is 5.02 Å². The predicted octanol–water partition coefficient (Wildman–Crippen LogP) is 1.62. The first kappa shape index (κ1) is 11.6. The third-order valence-electron chi connectivity index (χ3n) is 2.17. The summed E-state index contributed by atoms with van der Waals surface area (Å²) in [6.45, 7) is 3.33. The van der Waals surface area contributed by atoms with Gasteiger partial charge in [0, 0.05) is 0 Å². The molecule has 2 rings (SSSR count). The summed E-state index contributed by atoms with van der Waals surface area (Å²) in [5.74, 6) is -1.33. The van der Waals surface area contributed by atoms with Crippen molar-refractivity contribution in [2.45, 2.75) is 0 Å². The second-order valence-corrected chi connectivity index (χ2v) is 3.57. The predicted molar refractivity (Wildman–Crippen MR) is 63.2 cm³/mol. The first-order valence-corrected chi connectivity index (χ1v) is 5.00. The van der Waals surface area contributed by atoms with E-state index in [1.165, 1.54) is 23.5 Å². The Morgan fingerprint density at radius 3 is 2.94 bits per heavy atom. The number of nitrogens with one attached hydrogen (secondary N) is 2. The van der Waals surface area contributed by atoms with Crippen LogP contribution in [0.4, 0.5) is 10.1 Å². The van der Waals surface area contributed by atoms with E-state index < -0.39 is 11.6 Å². The molecule has 0 saturated heterocycles. The Hall–Kier alpha value is -1.92. The number of anilines is 1. The van der Waals surface area contributed by atoms with E-state index in [1.807, 2.05) is 0 Å². The Morgan fingerprint density at radius 2 is 2.35 bits per heavy atom. The van der Waals surface area contributed by atoms with E-state index in [1.54, 1.807) is 0 Å². The summed E-state index contributed by atoms with van der Waals surface area (Å²) >= 11 is 5.64. The minimum Gasteiger partial charge on any atom is -0.289 e. The zero-order valence-corrected chi connectivity index (χ0v) is 9.33. The van der Waals surface area contributed by atoms with Crippen LogP contribution in [0.3, 0.4) is 0 Å². The highest BCUT2D eigenvalue weighted by Crippen LogP contribution is 2.28. The van der Waals surface area contributed by atoms with Crippen LogP contribution in [0.15, 0.2) is 29.9 Å². The molecule has 0 fully saturated rings. The van der Waals surface area contributed by atoms with Crippen molar-refractivity contribution in [1.29, 1.82) is 0 Å². The molecule has 0 radical (unpaired) electrons. The van der Waals surface area contributed by atoms with Crippen LogP contribution in [-0.2, 0) is 0 Å². The van der Waals surface area contributed by atoms with Gasteiger partial charge in [-0.3, -0.25) is 4.79 Å². The summed E-state index contributed by atoms with van der Waals surface area (Å²) in [7, 11) is 0. The molecule has 1 aliphatic rings. The van der Waals surface area contributed by atoms with Crippen LogP contribution in [-0.4, -0.2) is 12.1 Å². The molecule has 7 heteroatoms. The van der Waals surface area contributed by atoms with Gasteiger partial charge in [0.1, 0.15) is 6.34 Å². The van der Waals surface area contributed by atoms with Crippen molar-refractivity contribution in [3.05, 3.63) is 41.2 Å². The molecule has 0 spiro atoms. The van der Waals surface area contributed by atoms with Crippen LogP contribution in [0.5, 0.6) is 0 Å². The van der Waals surface area contributed by atoms with E-state index in [0.717, 1.165) is 6.08 Å². The number of hydrogen-bond donors (Lipinski definition) is 2. The third-order valence-corrected chi connectivity index (χ3v) is 2.46. The molecule has 5 nitrogen and oxygen atoms in total. The van der Waals surface area contributed by atoms with Gasteiger partial charge in [-0.25, -0.2) is 14.9 Å². The summed E-state index contributed by atoms with van der Waals surface area (Å²) in [6, 6.07) is 2.87. The van der Waals surface area contributed by atoms with Gasteiger partial charge >= 0.3 is 0 Å². The monoisotopic (exact) mass is 254 g/mol. The first-order chi connectivity index (χ1) is 8.15. The molecule has 0 amide bonds. The van der Waals surface area contributed by atoms with Gasteiger partial charge in [-0.2, -0.15) is 5.10 Å². The maximum absolute atomic E-state index is 13.8. The van der Waals surface area contributed by atoms with Gasteiger partial charge in [0.25, 0.3) is 0 Å². The van der Waals surface area contributed by atoms with Crippen molar-refractivity contribution in [1.82, 2.24) is 11.1 Å².